The molecule has 20 unspecified atom stereocenters. The molecule has 5 saturated heterocycles. The summed E-state index contributed by atoms with van der Waals surface area (Å²) >= 11 is 0. The Morgan fingerprint density at radius 3 is 0.661 bits per heavy atom. The number of nitrogens with two attached hydrogens (primary N) is 4. The van der Waals surface area contributed by atoms with Gasteiger partial charge >= 0.3 is 0 Å². The number of primary sulfonamides is 4. The number of hydrogen-bond acceptors (Lipinski definition) is 16. The molecule has 0 radical (unpaired) electrons. The molecule has 0 aromatic heterocycles. The van der Waals surface area contributed by atoms with E-state index < -0.39 is 97.6 Å². The summed E-state index contributed by atoms with van der Waals surface area (Å²) in [5.41, 5.74) is 0. The molecule has 20 nitrogen and oxygen atoms in total. The lowest BCUT2D eigenvalue weighted by atomic mass is 9.75. The molecule has 4 aliphatic carbocycles. The Kier molecular flexibility index (Phi) is 10.5. The topological polar surface area (TPSA) is 337 Å². The standard InChI is InChI=1S/C32H60N12O8S4/c33-53(45,46)21-19-20(22(54(34,47)48)24(56(36,51)52)23(21)55(35,49)50)32-43-30-18-12-6-4-10-16(18)28(41-30)39-26-14-8-2-1-7-13(14)25(37-26)38-27-15-9-3-5-11-17(15)29(40-27)42-31(19)44-32/h13-32,37-44H,1-12H2,(H2,33,45,46)(H2,34,47,48)(H2,35,49,50)(H2,36,51,52). The van der Waals surface area contributed by atoms with E-state index in [4.69, 9.17) is 20.6 Å². The smallest absolute Gasteiger partial charge is 0.214 e. The zero-order valence-corrected chi connectivity index (χ0v) is 34.5. The highest BCUT2D eigenvalue weighted by atomic mass is 32.2. The summed E-state index contributed by atoms with van der Waals surface area (Å²) in [6, 6.07) is 0. The zero-order valence-electron chi connectivity index (χ0n) is 31.2. The van der Waals surface area contributed by atoms with Gasteiger partial charge in [-0.2, -0.15) is 0 Å². The fraction of sp³-hybridized carbons (Fsp3) is 1.00. The molecule has 0 spiro atoms. The molecule has 8 bridgehead atoms. The maximum Gasteiger partial charge on any atom is 0.214 e. The van der Waals surface area contributed by atoms with Gasteiger partial charge in [0.15, 0.2) is 0 Å². The van der Waals surface area contributed by atoms with Gasteiger partial charge in [-0.15, -0.1) is 0 Å². The minimum absolute atomic E-state index is 0.0478. The summed E-state index contributed by atoms with van der Waals surface area (Å²) in [4.78, 5) is 0. The van der Waals surface area contributed by atoms with Crippen LogP contribution in [0.25, 0.3) is 0 Å². The highest BCUT2D eigenvalue weighted by Gasteiger charge is 2.70. The fourth-order valence-electron chi connectivity index (χ4n) is 13.5. The SMILES string of the molecule is NS(=O)(=O)C1C2C3NC4NC(NC5NC(NC6NC(NC(N3)C2C(S(N)(=O)=O)C(S(N)(=O)=O)C1S(N)(=O)=O)C1CCCCC61)C1CCCCC51)C1CCCCC41. The van der Waals surface area contributed by atoms with Crippen LogP contribution in [0.1, 0.15) is 77.0 Å². The van der Waals surface area contributed by atoms with E-state index in [1.165, 1.54) is 12.8 Å². The molecule has 16 N–H and O–H groups in total. The van der Waals surface area contributed by atoms with Crippen molar-refractivity contribution in [1.82, 2.24) is 42.5 Å². The molecule has 0 aromatic rings. The second kappa shape index (κ2) is 14.5. The second-order valence-electron chi connectivity index (χ2n) is 18.4. The Morgan fingerprint density at radius 1 is 0.286 bits per heavy atom. The first-order valence-corrected chi connectivity index (χ1v) is 26.9. The van der Waals surface area contributed by atoms with Gasteiger partial charge in [-0.1, -0.05) is 38.5 Å². The molecular weight excluding hydrogens is 809 g/mol. The number of rotatable bonds is 4. The van der Waals surface area contributed by atoms with Gasteiger partial charge < -0.3 is 0 Å². The van der Waals surface area contributed by atoms with Crippen LogP contribution in [0, 0.1) is 47.3 Å². The lowest BCUT2D eigenvalue weighted by Crippen LogP contribution is -2.72. The lowest BCUT2D eigenvalue weighted by Gasteiger charge is -2.47. The molecule has 24 heteroatoms. The molecule has 5 aliphatic heterocycles. The largest absolute Gasteiger partial charge is 0.286 e. The summed E-state index contributed by atoms with van der Waals surface area (Å²) in [6.45, 7) is 0. The quantitative estimate of drug-likeness (QED) is 0.127. The summed E-state index contributed by atoms with van der Waals surface area (Å²) in [5, 5.41) is 43.8. The van der Waals surface area contributed by atoms with Gasteiger partial charge in [-0.3, -0.25) is 42.5 Å². The molecule has 9 aliphatic rings. The molecule has 0 aromatic carbocycles. The van der Waals surface area contributed by atoms with E-state index in [2.05, 4.69) is 42.5 Å². The highest BCUT2D eigenvalue weighted by Crippen LogP contribution is 2.49. The maximum absolute atomic E-state index is 13.8. The van der Waals surface area contributed by atoms with Crippen molar-refractivity contribution in [1.29, 1.82) is 0 Å². The first kappa shape index (κ1) is 40.7. The monoisotopic (exact) mass is 868 g/mol. The third kappa shape index (κ3) is 7.01. The summed E-state index contributed by atoms with van der Waals surface area (Å²) in [5.74, 6) is -1.42. The van der Waals surface area contributed by atoms with Crippen molar-refractivity contribution in [2.45, 2.75) is 147 Å². The van der Waals surface area contributed by atoms with E-state index in [-0.39, 0.29) is 48.3 Å². The Balaban J connectivity index is 1.19. The summed E-state index contributed by atoms with van der Waals surface area (Å²) < 4.78 is 109. The predicted octanol–water partition coefficient (Wildman–Crippen LogP) is -4.33. The first-order valence-electron chi connectivity index (χ1n) is 20.5. The van der Waals surface area contributed by atoms with Crippen LogP contribution in [0.2, 0.25) is 0 Å². The number of fused-ring (bicyclic) bond motifs is 20. The van der Waals surface area contributed by atoms with Crippen molar-refractivity contribution in [3.05, 3.63) is 0 Å². The Labute approximate surface area is 330 Å². The first-order chi connectivity index (χ1) is 26.3. The summed E-state index contributed by atoms with van der Waals surface area (Å²) in [7, 11) is -20.2. The number of nitrogens with one attached hydrogen (secondary N) is 8. The van der Waals surface area contributed by atoms with Crippen LogP contribution < -0.4 is 63.1 Å². The van der Waals surface area contributed by atoms with Crippen LogP contribution in [-0.2, 0) is 40.1 Å². The maximum atomic E-state index is 13.8. The average molecular weight is 869 g/mol. The van der Waals surface area contributed by atoms with Crippen molar-refractivity contribution in [2.75, 3.05) is 0 Å². The minimum atomic E-state index is -5.15. The number of hydrogen-bond donors (Lipinski definition) is 12. The highest BCUT2D eigenvalue weighted by molar-refractivity contribution is 7.97. The van der Waals surface area contributed by atoms with Crippen LogP contribution in [0.3, 0.4) is 0 Å². The van der Waals surface area contributed by atoms with Crippen molar-refractivity contribution < 1.29 is 33.7 Å². The van der Waals surface area contributed by atoms with Crippen LogP contribution in [0.5, 0.6) is 0 Å². The zero-order chi connectivity index (χ0) is 39.7. The predicted molar refractivity (Wildman–Crippen MR) is 206 cm³/mol. The molecule has 9 rings (SSSR count). The second-order valence-corrected chi connectivity index (χ2v) is 25.2. The van der Waals surface area contributed by atoms with Gasteiger partial charge in [0.25, 0.3) is 0 Å². The molecule has 5 heterocycles. The molecule has 320 valence electrons. The van der Waals surface area contributed by atoms with E-state index >= 15 is 0 Å². The molecular formula is C32H60N12O8S4. The Hall–Kier alpha value is -0.680. The van der Waals surface area contributed by atoms with E-state index in [1.807, 2.05) is 0 Å². The normalized spacial score (nSPS) is 51.1. The molecule has 20 atom stereocenters. The Bertz CT molecular complexity index is 1840. The van der Waals surface area contributed by atoms with Crippen LogP contribution >= 0.6 is 0 Å². The van der Waals surface area contributed by atoms with Gasteiger partial charge in [-0.05, 0) is 74.0 Å². The van der Waals surface area contributed by atoms with Crippen LogP contribution in [0.4, 0.5) is 0 Å². The third-order valence-corrected chi connectivity index (χ3v) is 21.5. The van der Waals surface area contributed by atoms with Crippen LogP contribution in [0.15, 0.2) is 0 Å². The molecule has 4 saturated carbocycles. The van der Waals surface area contributed by atoms with Gasteiger partial charge in [0.2, 0.25) is 40.1 Å². The summed E-state index contributed by atoms with van der Waals surface area (Å²) in [6.07, 6.45) is 9.14. The van der Waals surface area contributed by atoms with Gasteiger partial charge in [-0.25, -0.2) is 54.2 Å². The van der Waals surface area contributed by atoms with Gasteiger partial charge in [0.1, 0.15) is 21.0 Å². The lowest BCUT2D eigenvalue weighted by molar-refractivity contribution is 0.169. The minimum Gasteiger partial charge on any atom is -0.286 e. The molecule has 56 heavy (non-hydrogen) atoms. The van der Waals surface area contributed by atoms with Crippen molar-refractivity contribution in [3.8, 4) is 0 Å². The van der Waals surface area contributed by atoms with Crippen molar-refractivity contribution >= 4 is 40.1 Å². The molecule has 9 fully saturated rings. The van der Waals surface area contributed by atoms with E-state index in [0.29, 0.717) is 11.8 Å². The van der Waals surface area contributed by atoms with E-state index in [9.17, 15) is 33.7 Å². The number of sulfonamides is 4. The fourth-order valence-corrected chi connectivity index (χ4v) is 21.4. The third-order valence-electron chi connectivity index (χ3n) is 15.5. The van der Waals surface area contributed by atoms with E-state index in [1.54, 1.807) is 0 Å². The van der Waals surface area contributed by atoms with E-state index in [0.717, 1.165) is 64.2 Å². The van der Waals surface area contributed by atoms with Crippen molar-refractivity contribution in [2.24, 2.45) is 67.9 Å². The van der Waals surface area contributed by atoms with Crippen LogP contribution in [-0.4, -0.2) is 104 Å². The van der Waals surface area contributed by atoms with Gasteiger partial charge in [0.05, 0.1) is 49.3 Å². The average Bonchev–Trinajstić information content (AvgIpc) is 3.84. The van der Waals surface area contributed by atoms with Crippen molar-refractivity contribution in [3.63, 3.8) is 0 Å². The van der Waals surface area contributed by atoms with Gasteiger partial charge in [0, 0.05) is 11.8 Å². The Morgan fingerprint density at radius 2 is 0.464 bits per heavy atom. The molecule has 0 amide bonds.